The quantitative estimate of drug-likeness (QED) is 0.666. The van der Waals surface area contributed by atoms with Gasteiger partial charge in [-0.25, -0.2) is 0 Å². The van der Waals surface area contributed by atoms with E-state index in [2.05, 4.69) is 11.8 Å². The summed E-state index contributed by atoms with van der Waals surface area (Å²) in [4.78, 5) is 10.2. The highest BCUT2D eigenvalue weighted by Crippen LogP contribution is 2.16. The number of aliphatic carboxylic acids is 1. The van der Waals surface area contributed by atoms with Crippen LogP contribution in [0.25, 0.3) is 0 Å². The second-order valence-electron chi connectivity index (χ2n) is 2.72. The van der Waals surface area contributed by atoms with E-state index in [0.29, 0.717) is 5.56 Å². The molecular formula is C11H7NO3. The summed E-state index contributed by atoms with van der Waals surface area (Å²) in [5, 5.41) is 26.3. The Bertz CT molecular complexity index is 489. The molecule has 1 rings (SSSR count). The third kappa shape index (κ3) is 3.06. The molecule has 74 valence electrons. The molecule has 0 aliphatic rings. The van der Waals surface area contributed by atoms with Crippen molar-refractivity contribution in [3.05, 3.63) is 29.3 Å². The summed E-state index contributed by atoms with van der Waals surface area (Å²) < 4.78 is 0. The fraction of sp³-hybridized carbons (Fsp3) is 0.0909. The predicted molar refractivity (Wildman–Crippen MR) is 52.0 cm³/mol. The van der Waals surface area contributed by atoms with Crippen molar-refractivity contribution in [2.75, 3.05) is 0 Å². The molecule has 0 fully saturated rings. The number of nitrogens with zero attached hydrogens (tertiary/aromatic N) is 1. The normalized spacial score (nSPS) is 8.47. The van der Waals surface area contributed by atoms with Crippen molar-refractivity contribution in [1.29, 1.82) is 5.26 Å². The van der Waals surface area contributed by atoms with Crippen LogP contribution in [0.4, 0.5) is 0 Å². The van der Waals surface area contributed by atoms with Gasteiger partial charge >= 0.3 is 5.97 Å². The zero-order valence-corrected chi connectivity index (χ0v) is 7.69. The van der Waals surface area contributed by atoms with Crippen molar-refractivity contribution >= 4 is 5.97 Å². The van der Waals surface area contributed by atoms with E-state index in [9.17, 15) is 9.90 Å². The summed E-state index contributed by atoms with van der Waals surface area (Å²) >= 11 is 0. The smallest absolute Gasteiger partial charge is 0.315 e. The summed E-state index contributed by atoms with van der Waals surface area (Å²) in [6, 6.07) is 6.11. The molecule has 0 bridgehead atoms. The van der Waals surface area contributed by atoms with Gasteiger partial charge in [0.2, 0.25) is 0 Å². The van der Waals surface area contributed by atoms with E-state index >= 15 is 0 Å². The first-order valence-corrected chi connectivity index (χ1v) is 4.07. The van der Waals surface area contributed by atoms with Crippen LogP contribution in [-0.2, 0) is 4.79 Å². The molecule has 0 saturated carbocycles. The molecule has 0 saturated heterocycles. The Morgan fingerprint density at radius 3 is 2.80 bits per heavy atom. The molecule has 4 heteroatoms. The van der Waals surface area contributed by atoms with Gasteiger partial charge in [0.05, 0.1) is 17.2 Å². The van der Waals surface area contributed by atoms with Gasteiger partial charge in [-0.15, -0.1) is 0 Å². The van der Waals surface area contributed by atoms with Gasteiger partial charge in [-0.2, -0.15) is 5.26 Å². The van der Waals surface area contributed by atoms with E-state index in [4.69, 9.17) is 10.4 Å². The van der Waals surface area contributed by atoms with Crippen molar-refractivity contribution in [2.24, 2.45) is 0 Å². The van der Waals surface area contributed by atoms with E-state index in [1.165, 1.54) is 18.2 Å². The maximum atomic E-state index is 10.2. The van der Waals surface area contributed by atoms with E-state index in [-0.39, 0.29) is 17.7 Å². The fourth-order valence-electron chi connectivity index (χ4n) is 0.921. The highest BCUT2D eigenvalue weighted by atomic mass is 16.4. The lowest BCUT2D eigenvalue weighted by Crippen LogP contribution is -1.90. The first kappa shape index (κ1) is 10.6. The van der Waals surface area contributed by atoms with E-state index < -0.39 is 5.97 Å². The summed E-state index contributed by atoms with van der Waals surface area (Å²) in [6.07, 6.45) is -0.295. The lowest BCUT2D eigenvalue weighted by molar-refractivity contribution is -0.135. The number of hydrogen-bond acceptors (Lipinski definition) is 3. The van der Waals surface area contributed by atoms with Gasteiger partial charge in [-0.05, 0) is 18.2 Å². The summed E-state index contributed by atoms with van der Waals surface area (Å²) in [6.45, 7) is 0. The highest BCUT2D eigenvalue weighted by Gasteiger charge is 1.99. The Balaban J connectivity index is 2.97. The number of phenolic OH excluding ortho intramolecular Hbond substituents is 1. The number of carbonyl (C=O) groups is 1. The van der Waals surface area contributed by atoms with Gasteiger partial charge in [0.1, 0.15) is 12.2 Å². The van der Waals surface area contributed by atoms with Crippen molar-refractivity contribution in [2.45, 2.75) is 6.42 Å². The third-order valence-electron chi connectivity index (χ3n) is 1.59. The van der Waals surface area contributed by atoms with Crippen LogP contribution in [-0.4, -0.2) is 16.2 Å². The van der Waals surface area contributed by atoms with Crippen LogP contribution in [0.3, 0.4) is 0 Å². The van der Waals surface area contributed by atoms with Crippen LogP contribution >= 0.6 is 0 Å². The SMILES string of the molecule is N#Cc1ccc(O)c(C#CCC(=O)O)c1. The molecular weight excluding hydrogens is 194 g/mol. The lowest BCUT2D eigenvalue weighted by atomic mass is 10.1. The fourth-order valence-corrected chi connectivity index (χ4v) is 0.921. The van der Waals surface area contributed by atoms with Crippen LogP contribution in [0.2, 0.25) is 0 Å². The van der Waals surface area contributed by atoms with Crippen molar-refractivity contribution in [3.8, 4) is 23.7 Å². The molecule has 0 radical (unpaired) electrons. The molecule has 0 heterocycles. The molecule has 0 unspecified atom stereocenters. The summed E-state index contributed by atoms with van der Waals surface area (Å²) in [5.74, 6) is 3.77. The highest BCUT2D eigenvalue weighted by molar-refractivity contribution is 5.70. The molecule has 0 aliphatic carbocycles. The number of carboxylic acid groups (broad SMARTS) is 1. The average Bonchev–Trinajstić information content (AvgIpc) is 2.20. The van der Waals surface area contributed by atoms with Gasteiger partial charge in [0, 0.05) is 0 Å². The first-order valence-electron chi connectivity index (χ1n) is 4.07. The van der Waals surface area contributed by atoms with Gasteiger partial charge in [-0.1, -0.05) is 11.8 Å². The summed E-state index contributed by atoms with van der Waals surface area (Å²) in [5.41, 5.74) is 0.628. The van der Waals surface area contributed by atoms with Crippen LogP contribution in [0, 0.1) is 23.2 Å². The Labute approximate surface area is 86.4 Å². The minimum absolute atomic E-state index is 0.0631. The maximum absolute atomic E-state index is 10.2. The molecule has 1 aromatic rings. The third-order valence-corrected chi connectivity index (χ3v) is 1.59. The predicted octanol–water partition coefficient (Wildman–Crippen LogP) is 1.09. The lowest BCUT2D eigenvalue weighted by Gasteiger charge is -1.95. The Morgan fingerprint density at radius 1 is 1.47 bits per heavy atom. The van der Waals surface area contributed by atoms with Crippen molar-refractivity contribution in [1.82, 2.24) is 0 Å². The van der Waals surface area contributed by atoms with Crippen LogP contribution < -0.4 is 0 Å². The second-order valence-corrected chi connectivity index (χ2v) is 2.72. The van der Waals surface area contributed by atoms with Gasteiger partial charge in [0.15, 0.2) is 0 Å². The Morgan fingerprint density at radius 2 is 2.20 bits per heavy atom. The molecule has 0 amide bonds. The second kappa shape index (κ2) is 4.69. The molecule has 0 aromatic heterocycles. The Kier molecular flexibility index (Phi) is 3.32. The van der Waals surface area contributed by atoms with Crippen LogP contribution in [0.5, 0.6) is 5.75 Å². The molecule has 0 atom stereocenters. The minimum atomic E-state index is -1.03. The van der Waals surface area contributed by atoms with Crippen LogP contribution in [0.15, 0.2) is 18.2 Å². The zero-order valence-electron chi connectivity index (χ0n) is 7.69. The van der Waals surface area contributed by atoms with Gasteiger partial charge in [-0.3, -0.25) is 4.79 Å². The van der Waals surface area contributed by atoms with Crippen LogP contribution in [0.1, 0.15) is 17.5 Å². The van der Waals surface area contributed by atoms with Crippen molar-refractivity contribution in [3.63, 3.8) is 0 Å². The molecule has 0 spiro atoms. The number of nitriles is 1. The molecule has 0 aliphatic heterocycles. The zero-order chi connectivity index (χ0) is 11.3. The largest absolute Gasteiger partial charge is 0.507 e. The van der Waals surface area contributed by atoms with Crippen molar-refractivity contribution < 1.29 is 15.0 Å². The minimum Gasteiger partial charge on any atom is -0.507 e. The van der Waals surface area contributed by atoms with Gasteiger partial charge in [0.25, 0.3) is 0 Å². The molecule has 4 nitrogen and oxygen atoms in total. The number of carboxylic acids is 1. The number of rotatable bonds is 1. The molecule has 15 heavy (non-hydrogen) atoms. The summed E-state index contributed by atoms with van der Waals surface area (Å²) in [7, 11) is 0. The number of hydrogen-bond donors (Lipinski definition) is 2. The van der Waals surface area contributed by atoms with E-state index in [1.807, 2.05) is 6.07 Å². The van der Waals surface area contributed by atoms with E-state index in [1.54, 1.807) is 0 Å². The van der Waals surface area contributed by atoms with Gasteiger partial charge < -0.3 is 10.2 Å². The first-order chi connectivity index (χ1) is 7.13. The average molecular weight is 201 g/mol. The van der Waals surface area contributed by atoms with E-state index in [0.717, 1.165) is 0 Å². The Hall–Kier alpha value is -2.46. The standard InChI is InChI=1S/C11H7NO3/c12-7-8-4-5-10(13)9(6-8)2-1-3-11(14)15/h4-6,13H,3H2,(H,14,15). The topological polar surface area (TPSA) is 81.3 Å². The number of aromatic hydroxyl groups is 1. The molecule has 1 aromatic carbocycles. The number of benzene rings is 1. The molecule has 2 N–H and O–H groups in total. The number of phenols is 1. The maximum Gasteiger partial charge on any atom is 0.315 e. The monoisotopic (exact) mass is 201 g/mol.